The fraction of sp³-hybridized carbons (Fsp3) is 0.933. The molecular weight excluding hydrogens is 238 g/mol. The summed E-state index contributed by atoms with van der Waals surface area (Å²) in [5, 5.41) is 6.29. The number of hydrogen-bond donors (Lipinski definition) is 2. The zero-order valence-electron chi connectivity index (χ0n) is 13.7. The molecule has 0 bridgehead atoms. The normalized spacial score (nSPS) is 12.2. The zero-order valence-corrected chi connectivity index (χ0v) is 13.7. The third-order valence-corrected chi connectivity index (χ3v) is 3.15. The Labute approximate surface area is 119 Å². The zero-order chi connectivity index (χ0) is 14.9. The van der Waals surface area contributed by atoms with Crippen LogP contribution in [0.1, 0.15) is 53.9 Å². The molecule has 0 saturated carbocycles. The van der Waals surface area contributed by atoms with Crippen LogP contribution in [0.15, 0.2) is 0 Å². The molecule has 19 heavy (non-hydrogen) atoms. The van der Waals surface area contributed by atoms with Crippen molar-refractivity contribution in [2.75, 3.05) is 26.7 Å². The van der Waals surface area contributed by atoms with E-state index in [-0.39, 0.29) is 11.4 Å². The number of carbonyl (C=O) groups is 1. The molecule has 0 aliphatic heterocycles. The lowest BCUT2D eigenvalue weighted by Crippen LogP contribution is -2.38. The summed E-state index contributed by atoms with van der Waals surface area (Å²) in [4.78, 5) is 13.9. The molecule has 0 saturated heterocycles. The maximum Gasteiger partial charge on any atom is 0.221 e. The predicted molar refractivity (Wildman–Crippen MR) is 82.4 cm³/mol. The molecule has 0 aliphatic rings. The van der Waals surface area contributed by atoms with Gasteiger partial charge in [-0.25, -0.2) is 0 Å². The summed E-state index contributed by atoms with van der Waals surface area (Å²) in [7, 11) is 2.14. The predicted octanol–water partition coefficient (Wildman–Crippen LogP) is 2.00. The second kappa shape index (κ2) is 9.32. The number of amides is 1. The summed E-state index contributed by atoms with van der Waals surface area (Å²) in [6.07, 6.45) is 2.74. The molecule has 0 spiro atoms. The number of rotatable bonds is 9. The molecule has 0 rings (SSSR count). The maximum atomic E-state index is 11.6. The lowest BCUT2D eigenvalue weighted by atomic mass is 10.1. The van der Waals surface area contributed by atoms with Gasteiger partial charge in [0.2, 0.25) is 5.91 Å². The van der Waals surface area contributed by atoms with Crippen LogP contribution in [0.5, 0.6) is 0 Å². The van der Waals surface area contributed by atoms with E-state index < -0.39 is 0 Å². The number of unbranched alkanes of at least 4 members (excludes halogenated alkanes) is 1. The van der Waals surface area contributed by atoms with Gasteiger partial charge in [0, 0.05) is 31.1 Å². The van der Waals surface area contributed by atoms with Crippen LogP contribution in [0.2, 0.25) is 0 Å². The van der Waals surface area contributed by atoms with Crippen molar-refractivity contribution in [3.05, 3.63) is 0 Å². The molecule has 4 heteroatoms. The van der Waals surface area contributed by atoms with Crippen LogP contribution in [0.4, 0.5) is 0 Å². The third-order valence-electron chi connectivity index (χ3n) is 3.15. The van der Waals surface area contributed by atoms with E-state index in [0.717, 1.165) is 32.5 Å². The summed E-state index contributed by atoms with van der Waals surface area (Å²) in [5.74, 6) is 0.147. The van der Waals surface area contributed by atoms with Crippen molar-refractivity contribution in [3.63, 3.8) is 0 Å². The molecule has 0 fully saturated rings. The number of carbonyl (C=O) groups excluding carboxylic acids is 1. The Morgan fingerprint density at radius 1 is 1.16 bits per heavy atom. The van der Waals surface area contributed by atoms with E-state index in [0.29, 0.717) is 12.5 Å². The molecule has 0 aromatic heterocycles. The smallest absolute Gasteiger partial charge is 0.221 e. The number of nitrogens with one attached hydrogen (secondary N) is 2. The van der Waals surface area contributed by atoms with Crippen molar-refractivity contribution in [1.82, 2.24) is 15.5 Å². The van der Waals surface area contributed by atoms with Gasteiger partial charge < -0.3 is 15.5 Å². The molecule has 0 heterocycles. The van der Waals surface area contributed by atoms with Gasteiger partial charge in [-0.2, -0.15) is 0 Å². The van der Waals surface area contributed by atoms with Crippen molar-refractivity contribution in [2.24, 2.45) is 0 Å². The van der Waals surface area contributed by atoms with E-state index in [2.05, 4.69) is 57.2 Å². The third kappa shape index (κ3) is 12.2. The first-order chi connectivity index (χ1) is 8.72. The van der Waals surface area contributed by atoms with Crippen LogP contribution in [-0.2, 0) is 4.79 Å². The van der Waals surface area contributed by atoms with Gasteiger partial charge in [-0.3, -0.25) is 4.79 Å². The van der Waals surface area contributed by atoms with E-state index in [4.69, 9.17) is 0 Å². The molecule has 0 radical (unpaired) electrons. The molecule has 114 valence electrons. The van der Waals surface area contributed by atoms with Crippen LogP contribution in [0.3, 0.4) is 0 Å². The molecule has 1 amide bonds. The van der Waals surface area contributed by atoms with Crippen molar-refractivity contribution >= 4 is 5.91 Å². The van der Waals surface area contributed by atoms with Crippen molar-refractivity contribution in [3.8, 4) is 0 Å². The van der Waals surface area contributed by atoms with E-state index in [1.807, 2.05) is 0 Å². The number of hydrogen-bond acceptors (Lipinski definition) is 3. The minimum absolute atomic E-state index is 0.0850. The largest absolute Gasteiger partial charge is 0.356 e. The minimum Gasteiger partial charge on any atom is -0.356 e. The van der Waals surface area contributed by atoms with Crippen LogP contribution in [-0.4, -0.2) is 49.1 Å². The van der Waals surface area contributed by atoms with Crippen molar-refractivity contribution in [1.29, 1.82) is 0 Å². The monoisotopic (exact) mass is 271 g/mol. The Kier molecular flexibility index (Phi) is 9.02. The summed E-state index contributed by atoms with van der Waals surface area (Å²) >= 11 is 0. The van der Waals surface area contributed by atoms with Crippen molar-refractivity contribution in [2.45, 2.75) is 65.5 Å². The van der Waals surface area contributed by atoms with Gasteiger partial charge in [0.25, 0.3) is 0 Å². The Morgan fingerprint density at radius 3 is 2.32 bits per heavy atom. The summed E-state index contributed by atoms with van der Waals surface area (Å²) in [6, 6.07) is 0.595. The van der Waals surface area contributed by atoms with E-state index in [1.165, 1.54) is 0 Å². The lowest BCUT2D eigenvalue weighted by molar-refractivity contribution is -0.121. The fourth-order valence-electron chi connectivity index (χ4n) is 1.61. The van der Waals surface area contributed by atoms with Gasteiger partial charge in [0.05, 0.1) is 0 Å². The standard InChI is InChI=1S/C15H33N3O/c1-13(2)18(6)12-8-7-10-16-14(19)9-11-17-15(3,4)5/h13,17H,7-12H2,1-6H3,(H,16,19). The molecule has 2 N–H and O–H groups in total. The molecule has 0 aromatic rings. The van der Waals surface area contributed by atoms with Gasteiger partial charge in [-0.05, 0) is 61.1 Å². The van der Waals surface area contributed by atoms with Gasteiger partial charge >= 0.3 is 0 Å². The van der Waals surface area contributed by atoms with Crippen LogP contribution >= 0.6 is 0 Å². The quantitative estimate of drug-likeness (QED) is 0.631. The molecule has 0 aromatic carbocycles. The Bertz CT molecular complexity index is 246. The highest BCUT2D eigenvalue weighted by Gasteiger charge is 2.09. The topological polar surface area (TPSA) is 44.4 Å². The van der Waals surface area contributed by atoms with Crippen LogP contribution < -0.4 is 10.6 Å². The maximum absolute atomic E-state index is 11.6. The molecule has 4 nitrogen and oxygen atoms in total. The summed E-state index contributed by atoms with van der Waals surface area (Å²) in [6.45, 7) is 13.3. The second-order valence-corrected chi connectivity index (χ2v) is 6.56. The van der Waals surface area contributed by atoms with E-state index >= 15 is 0 Å². The molecule has 0 atom stereocenters. The van der Waals surface area contributed by atoms with Crippen LogP contribution in [0.25, 0.3) is 0 Å². The first kappa shape index (κ1) is 18.4. The Morgan fingerprint density at radius 2 is 1.79 bits per heavy atom. The molecular formula is C15H33N3O. The first-order valence-electron chi connectivity index (χ1n) is 7.44. The first-order valence-corrected chi connectivity index (χ1v) is 7.44. The average molecular weight is 271 g/mol. The SMILES string of the molecule is CC(C)N(C)CCCCNC(=O)CCNC(C)(C)C. The summed E-state index contributed by atoms with van der Waals surface area (Å²) < 4.78 is 0. The second-order valence-electron chi connectivity index (χ2n) is 6.56. The fourth-order valence-corrected chi connectivity index (χ4v) is 1.61. The minimum atomic E-state index is 0.0850. The lowest BCUT2D eigenvalue weighted by Gasteiger charge is -2.21. The molecule has 0 aliphatic carbocycles. The van der Waals surface area contributed by atoms with Gasteiger partial charge in [-0.15, -0.1) is 0 Å². The highest BCUT2D eigenvalue weighted by molar-refractivity contribution is 5.75. The summed E-state index contributed by atoms with van der Waals surface area (Å²) in [5.41, 5.74) is 0.0850. The number of nitrogens with zero attached hydrogens (tertiary/aromatic N) is 1. The highest BCUT2D eigenvalue weighted by atomic mass is 16.1. The van der Waals surface area contributed by atoms with Crippen molar-refractivity contribution < 1.29 is 4.79 Å². The Hall–Kier alpha value is -0.610. The highest BCUT2D eigenvalue weighted by Crippen LogP contribution is 1.99. The molecule has 0 unspecified atom stereocenters. The van der Waals surface area contributed by atoms with E-state index in [9.17, 15) is 4.79 Å². The van der Waals surface area contributed by atoms with E-state index in [1.54, 1.807) is 0 Å². The van der Waals surface area contributed by atoms with Gasteiger partial charge in [0.15, 0.2) is 0 Å². The Balaban J connectivity index is 3.44. The average Bonchev–Trinajstić information content (AvgIpc) is 2.26. The van der Waals surface area contributed by atoms with Crippen LogP contribution in [0, 0.1) is 0 Å². The van der Waals surface area contributed by atoms with Gasteiger partial charge in [0.1, 0.15) is 0 Å². The van der Waals surface area contributed by atoms with Gasteiger partial charge in [-0.1, -0.05) is 0 Å².